The van der Waals surface area contributed by atoms with Crippen molar-refractivity contribution in [2.24, 2.45) is 5.73 Å². The predicted octanol–water partition coefficient (Wildman–Crippen LogP) is 3.58. The summed E-state index contributed by atoms with van der Waals surface area (Å²) < 4.78 is 5.83. The Morgan fingerprint density at radius 2 is 2.00 bits per heavy atom. The van der Waals surface area contributed by atoms with Crippen molar-refractivity contribution in [1.82, 2.24) is 0 Å². The number of hydrogen-bond donors (Lipinski definition) is 1. The Balaban J connectivity index is 2.32. The van der Waals surface area contributed by atoms with Crippen molar-refractivity contribution in [3.8, 4) is 0 Å². The van der Waals surface area contributed by atoms with Crippen LogP contribution in [0.15, 0.2) is 28.7 Å². The number of benzene rings is 1. The lowest BCUT2D eigenvalue weighted by atomic mass is 10.0. The summed E-state index contributed by atoms with van der Waals surface area (Å²) >= 11 is 0. The lowest BCUT2D eigenvalue weighted by molar-refractivity contribution is 0.468. The maximum atomic E-state index is 5.83. The van der Waals surface area contributed by atoms with Crippen molar-refractivity contribution < 1.29 is 4.42 Å². The number of fused-ring (bicyclic) bond motifs is 1. The van der Waals surface area contributed by atoms with Gasteiger partial charge in [-0.1, -0.05) is 18.6 Å². The molecular formula is C14H19NO. The number of rotatable bonds is 3. The van der Waals surface area contributed by atoms with Crippen molar-refractivity contribution >= 4 is 11.0 Å². The zero-order chi connectivity index (χ0) is 11.7. The van der Waals surface area contributed by atoms with E-state index in [1.165, 1.54) is 10.9 Å². The van der Waals surface area contributed by atoms with Crippen LogP contribution < -0.4 is 5.73 Å². The van der Waals surface area contributed by atoms with E-state index >= 15 is 0 Å². The first-order valence-corrected chi connectivity index (χ1v) is 5.82. The second-order valence-corrected chi connectivity index (χ2v) is 4.80. The second-order valence-electron chi connectivity index (χ2n) is 4.80. The highest BCUT2D eigenvalue weighted by Gasteiger charge is 2.13. The average molecular weight is 217 g/mol. The van der Waals surface area contributed by atoms with E-state index in [2.05, 4.69) is 32.0 Å². The van der Waals surface area contributed by atoms with E-state index in [-0.39, 0.29) is 6.04 Å². The summed E-state index contributed by atoms with van der Waals surface area (Å²) in [6.07, 6.45) is 0.957. The summed E-state index contributed by atoms with van der Waals surface area (Å²) in [5.41, 5.74) is 8.04. The van der Waals surface area contributed by atoms with E-state index in [4.69, 9.17) is 10.2 Å². The fourth-order valence-corrected chi connectivity index (χ4v) is 2.10. The van der Waals surface area contributed by atoms with Crippen molar-refractivity contribution in [3.05, 3.63) is 35.6 Å². The summed E-state index contributed by atoms with van der Waals surface area (Å²) in [4.78, 5) is 0. The molecule has 0 bridgehead atoms. The van der Waals surface area contributed by atoms with Gasteiger partial charge in [0, 0.05) is 17.3 Å². The SMILES string of the molecule is Cc1ccc2oc(C(C)CC(C)N)cc2c1. The molecule has 0 aliphatic heterocycles. The van der Waals surface area contributed by atoms with Gasteiger partial charge in [0.2, 0.25) is 0 Å². The molecule has 0 saturated carbocycles. The highest BCUT2D eigenvalue weighted by atomic mass is 16.3. The molecule has 2 N–H and O–H groups in total. The van der Waals surface area contributed by atoms with Gasteiger partial charge in [0.25, 0.3) is 0 Å². The first kappa shape index (κ1) is 11.2. The highest BCUT2D eigenvalue weighted by Crippen LogP contribution is 2.27. The first-order valence-electron chi connectivity index (χ1n) is 5.82. The maximum absolute atomic E-state index is 5.83. The molecule has 2 unspecified atom stereocenters. The molecule has 2 aromatic rings. The third kappa shape index (κ3) is 2.27. The van der Waals surface area contributed by atoms with E-state index in [1.807, 2.05) is 13.0 Å². The normalized spacial score (nSPS) is 15.2. The lowest BCUT2D eigenvalue weighted by Gasteiger charge is -2.10. The molecule has 1 aromatic carbocycles. The number of nitrogens with two attached hydrogens (primary N) is 1. The fourth-order valence-electron chi connectivity index (χ4n) is 2.10. The third-order valence-electron chi connectivity index (χ3n) is 2.90. The standard InChI is InChI=1S/C14H19NO/c1-9-4-5-13-12(6-9)8-14(16-13)10(2)7-11(3)15/h4-6,8,10-11H,7,15H2,1-3H3. The molecule has 0 radical (unpaired) electrons. The Morgan fingerprint density at radius 1 is 1.25 bits per heavy atom. The molecule has 1 aromatic heterocycles. The molecule has 1 heterocycles. The maximum Gasteiger partial charge on any atom is 0.134 e. The molecule has 16 heavy (non-hydrogen) atoms. The van der Waals surface area contributed by atoms with Gasteiger partial charge in [0.15, 0.2) is 0 Å². The summed E-state index contributed by atoms with van der Waals surface area (Å²) in [6, 6.07) is 8.61. The van der Waals surface area contributed by atoms with E-state index in [9.17, 15) is 0 Å². The third-order valence-corrected chi connectivity index (χ3v) is 2.90. The van der Waals surface area contributed by atoms with Crippen LogP contribution in [0.4, 0.5) is 0 Å². The molecule has 0 aliphatic carbocycles. The monoisotopic (exact) mass is 217 g/mol. The summed E-state index contributed by atoms with van der Waals surface area (Å²) in [7, 11) is 0. The predicted molar refractivity (Wildman–Crippen MR) is 67.6 cm³/mol. The molecule has 2 rings (SSSR count). The lowest BCUT2D eigenvalue weighted by Crippen LogP contribution is -2.17. The molecule has 0 spiro atoms. The topological polar surface area (TPSA) is 39.2 Å². The van der Waals surface area contributed by atoms with Crippen molar-refractivity contribution in [1.29, 1.82) is 0 Å². The molecule has 0 aliphatic rings. The second kappa shape index (κ2) is 4.30. The van der Waals surface area contributed by atoms with Crippen LogP contribution in [-0.2, 0) is 0 Å². The smallest absolute Gasteiger partial charge is 0.134 e. The summed E-state index contributed by atoms with van der Waals surface area (Å²) in [6.45, 7) is 6.29. The Hall–Kier alpha value is -1.28. The van der Waals surface area contributed by atoms with Crippen LogP contribution in [0.5, 0.6) is 0 Å². The average Bonchev–Trinajstić information content (AvgIpc) is 2.59. The largest absolute Gasteiger partial charge is 0.461 e. The Kier molecular flexibility index (Phi) is 3.01. The van der Waals surface area contributed by atoms with Gasteiger partial charge in [0.05, 0.1) is 0 Å². The molecule has 0 fully saturated rings. The van der Waals surface area contributed by atoms with Crippen LogP contribution in [0.25, 0.3) is 11.0 Å². The minimum absolute atomic E-state index is 0.213. The zero-order valence-corrected chi connectivity index (χ0v) is 10.2. The Morgan fingerprint density at radius 3 is 2.69 bits per heavy atom. The van der Waals surface area contributed by atoms with Crippen molar-refractivity contribution in [3.63, 3.8) is 0 Å². The van der Waals surface area contributed by atoms with Gasteiger partial charge in [-0.25, -0.2) is 0 Å². The van der Waals surface area contributed by atoms with Gasteiger partial charge in [0.1, 0.15) is 11.3 Å². The van der Waals surface area contributed by atoms with Gasteiger partial charge in [-0.3, -0.25) is 0 Å². The van der Waals surface area contributed by atoms with Crippen LogP contribution >= 0.6 is 0 Å². The van der Waals surface area contributed by atoms with Crippen LogP contribution in [0.3, 0.4) is 0 Å². The number of hydrogen-bond acceptors (Lipinski definition) is 2. The number of furan rings is 1. The highest BCUT2D eigenvalue weighted by molar-refractivity contribution is 5.78. The first-order chi connectivity index (χ1) is 7.56. The van der Waals surface area contributed by atoms with Crippen molar-refractivity contribution in [2.75, 3.05) is 0 Å². The Bertz CT molecular complexity index is 484. The van der Waals surface area contributed by atoms with E-state index in [0.29, 0.717) is 5.92 Å². The molecule has 2 heteroatoms. The zero-order valence-electron chi connectivity index (χ0n) is 10.2. The Labute approximate surface area is 96.4 Å². The molecule has 2 nitrogen and oxygen atoms in total. The molecule has 0 amide bonds. The van der Waals surface area contributed by atoms with Gasteiger partial charge >= 0.3 is 0 Å². The van der Waals surface area contributed by atoms with Crippen LogP contribution in [0.1, 0.15) is 37.5 Å². The minimum atomic E-state index is 0.213. The van der Waals surface area contributed by atoms with E-state index < -0.39 is 0 Å². The molecule has 0 saturated heterocycles. The van der Waals surface area contributed by atoms with Gasteiger partial charge < -0.3 is 10.2 Å². The van der Waals surface area contributed by atoms with Gasteiger partial charge in [-0.05, 0) is 38.5 Å². The number of aryl methyl sites for hydroxylation is 1. The quantitative estimate of drug-likeness (QED) is 0.853. The van der Waals surface area contributed by atoms with Crippen LogP contribution in [0.2, 0.25) is 0 Å². The van der Waals surface area contributed by atoms with Gasteiger partial charge in [-0.2, -0.15) is 0 Å². The fraction of sp³-hybridized carbons (Fsp3) is 0.429. The summed E-state index contributed by atoms with van der Waals surface area (Å²) in [5, 5.41) is 1.19. The van der Waals surface area contributed by atoms with Crippen LogP contribution in [-0.4, -0.2) is 6.04 Å². The minimum Gasteiger partial charge on any atom is -0.461 e. The summed E-state index contributed by atoms with van der Waals surface area (Å²) in [5.74, 6) is 1.42. The van der Waals surface area contributed by atoms with E-state index in [0.717, 1.165) is 17.8 Å². The van der Waals surface area contributed by atoms with E-state index in [1.54, 1.807) is 0 Å². The van der Waals surface area contributed by atoms with Gasteiger partial charge in [-0.15, -0.1) is 0 Å². The molecule has 86 valence electrons. The molecular weight excluding hydrogens is 198 g/mol. The van der Waals surface area contributed by atoms with Crippen molar-refractivity contribution in [2.45, 2.75) is 39.2 Å². The molecule has 2 atom stereocenters. The van der Waals surface area contributed by atoms with Crippen LogP contribution in [0, 0.1) is 6.92 Å².